The molecule has 5 heteroatoms. The van der Waals surface area contributed by atoms with Gasteiger partial charge in [-0.25, -0.2) is 0 Å². The fourth-order valence-corrected chi connectivity index (χ4v) is 2.85. The van der Waals surface area contributed by atoms with Gasteiger partial charge in [0.25, 0.3) is 5.69 Å². The Hall–Kier alpha value is -1.78. The molecule has 20 heavy (non-hydrogen) atoms. The summed E-state index contributed by atoms with van der Waals surface area (Å²) in [6, 6.07) is 5.12. The molecule has 1 N–H and O–H groups in total. The molecule has 5 nitrogen and oxygen atoms in total. The van der Waals surface area contributed by atoms with Crippen molar-refractivity contribution in [2.75, 3.05) is 12.4 Å². The van der Waals surface area contributed by atoms with Gasteiger partial charge in [-0.05, 0) is 30.7 Å². The first kappa shape index (κ1) is 14.6. The van der Waals surface area contributed by atoms with Gasteiger partial charge in [0, 0.05) is 12.1 Å². The van der Waals surface area contributed by atoms with Gasteiger partial charge in [-0.2, -0.15) is 0 Å². The van der Waals surface area contributed by atoms with Crippen LogP contribution in [0.5, 0.6) is 5.75 Å². The molecule has 0 aromatic heterocycles. The molecule has 0 heterocycles. The number of hydrogen-bond acceptors (Lipinski definition) is 4. The minimum atomic E-state index is -0.405. The number of rotatable bonds is 4. The van der Waals surface area contributed by atoms with E-state index in [4.69, 9.17) is 4.74 Å². The molecule has 2 rings (SSSR count). The lowest BCUT2D eigenvalue weighted by Gasteiger charge is -2.34. The van der Waals surface area contributed by atoms with Crippen molar-refractivity contribution in [3.05, 3.63) is 28.3 Å². The highest BCUT2D eigenvalue weighted by Crippen LogP contribution is 2.34. The van der Waals surface area contributed by atoms with Gasteiger partial charge in [0.1, 0.15) is 5.75 Å². The molecule has 1 fully saturated rings. The van der Waals surface area contributed by atoms with E-state index in [-0.39, 0.29) is 5.69 Å². The molecule has 0 saturated heterocycles. The summed E-state index contributed by atoms with van der Waals surface area (Å²) in [6.07, 6.45) is 3.62. The standard InChI is InChI=1S/C15H22N2O3/c1-10-4-5-11(2)14(8-10)16-13-7-6-12(17(18)19)9-15(13)20-3/h6-7,9-11,14,16H,4-5,8H2,1-3H3. The molecule has 0 aliphatic heterocycles. The van der Waals surface area contributed by atoms with E-state index < -0.39 is 4.92 Å². The first-order valence-electron chi connectivity index (χ1n) is 7.10. The molecule has 1 aliphatic rings. The van der Waals surface area contributed by atoms with Crippen molar-refractivity contribution in [1.82, 2.24) is 0 Å². The van der Waals surface area contributed by atoms with Crippen LogP contribution in [0.15, 0.2) is 18.2 Å². The van der Waals surface area contributed by atoms with Crippen molar-refractivity contribution in [3.8, 4) is 5.75 Å². The van der Waals surface area contributed by atoms with Crippen LogP contribution in [0.2, 0.25) is 0 Å². The van der Waals surface area contributed by atoms with Gasteiger partial charge in [-0.1, -0.05) is 20.3 Å². The molecule has 1 aromatic rings. The Balaban J connectivity index is 2.17. The number of nitrogens with zero attached hydrogens (tertiary/aromatic N) is 1. The lowest BCUT2D eigenvalue weighted by Crippen LogP contribution is -2.33. The van der Waals surface area contributed by atoms with Gasteiger partial charge < -0.3 is 10.1 Å². The van der Waals surface area contributed by atoms with Gasteiger partial charge in [-0.15, -0.1) is 0 Å². The number of ether oxygens (including phenoxy) is 1. The molecule has 1 aliphatic carbocycles. The lowest BCUT2D eigenvalue weighted by atomic mass is 9.80. The Morgan fingerprint density at radius 1 is 1.35 bits per heavy atom. The summed E-state index contributed by atoms with van der Waals surface area (Å²) < 4.78 is 5.27. The second-order valence-corrected chi connectivity index (χ2v) is 5.79. The number of benzene rings is 1. The third kappa shape index (κ3) is 3.21. The van der Waals surface area contributed by atoms with Gasteiger partial charge in [0.05, 0.1) is 23.8 Å². The number of nitro groups is 1. The van der Waals surface area contributed by atoms with E-state index in [0.29, 0.717) is 23.6 Å². The average molecular weight is 278 g/mol. The van der Waals surface area contributed by atoms with E-state index in [2.05, 4.69) is 19.2 Å². The maximum absolute atomic E-state index is 10.8. The largest absolute Gasteiger partial charge is 0.494 e. The Labute approximate surface area is 119 Å². The van der Waals surface area contributed by atoms with Crippen LogP contribution >= 0.6 is 0 Å². The van der Waals surface area contributed by atoms with Crippen molar-refractivity contribution >= 4 is 11.4 Å². The SMILES string of the molecule is COc1cc([N+](=O)[O-])ccc1NC1CC(C)CCC1C. The first-order valence-corrected chi connectivity index (χ1v) is 7.10. The summed E-state index contributed by atoms with van der Waals surface area (Å²) >= 11 is 0. The smallest absolute Gasteiger partial charge is 0.273 e. The first-order chi connectivity index (χ1) is 9.51. The van der Waals surface area contributed by atoms with E-state index in [1.807, 2.05) is 0 Å². The van der Waals surface area contributed by atoms with Crippen LogP contribution in [-0.2, 0) is 0 Å². The van der Waals surface area contributed by atoms with Crippen molar-refractivity contribution in [3.63, 3.8) is 0 Å². The molecule has 1 saturated carbocycles. The number of non-ortho nitro benzene ring substituents is 1. The molecule has 3 unspecified atom stereocenters. The summed E-state index contributed by atoms with van der Waals surface area (Å²) in [5, 5.41) is 14.3. The van der Waals surface area contributed by atoms with Crippen LogP contribution in [0.1, 0.15) is 33.1 Å². The summed E-state index contributed by atoms with van der Waals surface area (Å²) in [5.41, 5.74) is 0.890. The summed E-state index contributed by atoms with van der Waals surface area (Å²) in [6.45, 7) is 4.52. The van der Waals surface area contributed by atoms with E-state index in [9.17, 15) is 10.1 Å². The Kier molecular flexibility index (Phi) is 4.47. The van der Waals surface area contributed by atoms with Crippen LogP contribution in [0, 0.1) is 22.0 Å². The molecule has 0 amide bonds. The highest BCUT2D eigenvalue weighted by atomic mass is 16.6. The van der Waals surface area contributed by atoms with Crippen LogP contribution in [0.3, 0.4) is 0 Å². The quantitative estimate of drug-likeness (QED) is 0.671. The number of hydrogen-bond donors (Lipinski definition) is 1. The maximum Gasteiger partial charge on any atom is 0.273 e. The molecule has 0 radical (unpaired) electrons. The Morgan fingerprint density at radius 3 is 2.75 bits per heavy atom. The molecule has 1 aromatic carbocycles. The average Bonchev–Trinajstić information content (AvgIpc) is 2.43. The van der Waals surface area contributed by atoms with E-state index in [0.717, 1.165) is 12.1 Å². The van der Waals surface area contributed by atoms with Crippen LogP contribution in [0.25, 0.3) is 0 Å². The van der Waals surface area contributed by atoms with E-state index >= 15 is 0 Å². The zero-order valence-electron chi connectivity index (χ0n) is 12.3. The Morgan fingerprint density at radius 2 is 2.10 bits per heavy atom. The molecule has 0 spiro atoms. The van der Waals surface area contributed by atoms with Gasteiger partial charge >= 0.3 is 0 Å². The molecular weight excluding hydrogens is 256 g/mol. The third-order valence-corrected chi connectivity index (χ3v) is 4.19. The zero-order chi connectivity index (χ0) is 14.7. The van der Waals surface area contributed by atoms with Gasteiger partial charge in [0.15, 0.2) is 0 Å². The van der Waals surface area contributed by atoms with Crippen molar-refractivity contribution < 1.29 is 9.66 Å². The van der Waals surface area contributed by atoms with Crippen LogP contribution in [-0.4, -0.2) is 18.1 Å². The monoisotopic (exact) mass is 278 g/mol. The summed E-state index contributed by atoms with van der Waals surface area (Å²) in [4.78, 5) is 10.4. The number of nitrogens with one attached hydrogen (secondary N) is 1. The van der Waals surface area contributed by atoms with E-state index in [1.165, 1.54) is 32.1 Å². The summed E-state index contributed by atoms with van der Waals surface area (Å²) in [7, 11) is 1.54. The fraction of sp³-hybridized carbons (Fsp3) is 0.600. The van der Waals surface area contributed by atoms with Gasteiger partial charge in [0.2, 0.25) is 0 Å². The normalized spacial score (nSPS) is 26.1. The predicted molar refractivity (Wildman–Crippen MR) is 79.2 cm³/mol. The lowest BCUT2D eigenvalue weighted by molar-refractivity contribution is -0.384. The third-order valence-electron chi connectivity index (χ3n) is 4.19. The number of methoxy groups -OCH3 is 1. The maximum atomic E-state index is 10.8. The Bertz CT molecular complexity index is 490. The highest BCUT2D eigenvalue weighted by molar-refractivity contribution is 5.61. The molecule has 0 bridgehead atoms. The molecule has 3 atom stereocenters. The number of nitro benzene ring substituents is 1. The van der Waals surface area contributed by atoms with Crippen molar-refractivity contribution in [2.24, 2.45) is 11.8 Å². The van der Waals surface area contributed by atoms with Crippen molar-refractivity contribution in [2.45, 2.75) is 39.2 Å². The fourth-order valence-electron chi connectivity index (χ4n) is 2.85. The second-order valence-electron chi connectivity index (χ2n) is 5.79. The topological polar surface area (TPSA) is 64.4 Å². The molecular formula is C15H22N2O3. The summed E-state index contributed by atoms with van der Waals surface area (Å²) in [5.74, 6) is 1.85. The van der Waals surface area contributed by atoms with Crippen molar-refractivity contribution in [1.29, 1.82) is 0 Å². The van der Waals surface area contributed by atoms with Gasteiger partial charge in [-0.3, -0.25) is 10.1 Å². The second kappa shape index (κ2) is 6.11. The zero-order valence-corrected chi connectivity index (χ0v) is 12.3. The van der Waals surface area contributed by atoms with Crippen LogP contribution in [0.4, 0.5) is 11.4 Å². The molecule has 110 valence electrons. The predicted octanol–water partition coefficient (Wildman–Crippen LogP) is 3.84. The highest BCUT2D eigenvalue weighted by Gasteiger charge is 2.26. The van der Waals surface area contributed by atoms with Crippen LogP contribution < -0.4 is 10.1 Å². The minimum Gasteiger partial charge on any atom is -0.494 e. The minimum absolute atomic E-state index is 0.0532. The number of anilines is 1. The van der Waals surface area contributed by atoms with E-state index in [1.54, 1.807) is 6.07 Å².